The van der Waals surface area contributed by atoms with Crippen LogP contribution in [-0.4, -0.2) is 9.55 Å². The minimum absolute atomic E-state index is 0.773. The van der Waals surface area contributed by atoms with Crippen LogP contribution in [0.25, 0.3) is 17.1 Å². The minimum Gasteiger partial charge on any atom is -0.448 e. The first-order valence-electron chi connectivity index (χ1n) is 5.07. The molecule has 0 saturated carbocycles. The van der Waals surface area contributed by atoms with Crippen molar-refractivity contribution in [3.05, 3.63) is 61.3 Å². The molecule has 0 bridgehead atoms. The molecule has 0 radical (unpaired) electrons. The van der Waals surface area contributed by atoms with Gasteiger partial charge in [-0.1, -0.05) is 30.3 Å². The van der Waals surface area contributed by atoms with E-state index in [1.165, 1.54) is 0 Å². The highest BCUT2D eigenvalue weighted by molar-refractivity contribution is 5.58. The molecule has 0 spiro atoms. The lowest BCUT2D eigenvalue weighted by atomic mass is 10.2. The molecule has 0 aliphatic heterocycles. The molecule has 16 heavy (non-hydrogen) atoms. The highest BCUT2D eigenvalue weighted by Crippen LogP contribution is 2.18. The third-order valence-corrected chi connectivity index (χ3v) is 2.41. The van der Waals surface area contributed by atoms with Gasteiger partial charge in [-0.15, -0.1) is 0 Å². The summed E-state index contributed by atoms with van der Waals surface area (Å²) in [5.74, 6) is 0.773. The van der Waals surface area contributed by atoms with Crippen LogP contribution in [-0.2, 0) is 0 Å². The van der Waals surface area contributed by atoms with Crippen molar-refractivity contribution in [2.75, 3.05) is 0 Å². The van der Waals surface area contributed by atoms with Crippen molar-refractivity contribution >= 4 is 0 Å². The molecule has 3 aromatic rings. The first kappa shape index (κ1) is 8.97. The Morgan fingerprint density at radius 3 is 2.62 bits per heavy atom. The summed E-state index contributed by atoms with van der Waals surface area (Å²) in [6.45, 7) is 0. The van der Waals surface area contributed by atoms with Crippen LogP contribution in [0, 0.1) is 0 Å². The van der Waals surface area contributed by atoms with E-state index in [4.69, 9.17) is 4.42 Å². The van der Waals surface area contributed by atoms with E-state index in [1.54, 1.807) is 12.6 Å². The maximum Gasteiger partial charge on any atom is 0.204 e. The van der Waals surface area contributed by atoms with Gasteiger partial charge in [-0.05, 0) is 6.07 Å². The first-order chi connectivity index (χ1) is 7.93. The van der Waals surface area contributed by atoms with Gasteiger partial charge in [-0.25, -0.2) is 4.98 Å². The average Bonchev–Trinajstić information content (AvgIpc) is 3.01. The Balaban J connectivity index is 2.00. The standard InChI is InChI=1S/C13H10N2O/c1-2-5-11(6-3-1)12-9-15(10-14-12)13-7-4-8-16-13/h1-10H. The molecule has 0 fully saturated rings. The third-order valence-electron chi connectivity index (χ3n) is 2.41. The Bertz CT molecular complexity index is 567. The van der Waals surface area contributed by atoms with Gasteiger partial charge in [0.2, 0.25) is 5.88 Å². The number of nitrogens with zero attached hydrogens (tertiary/aromatic N) is 2. The molecule has 2 heterocycles. The normalized spacial score (nSPS) is 10.5. The van der Waals surface area contributed by atoms with Crippen molar-refractivity contribution in [3.8, 4) is 17.1 Å². The van der Waals surface area contributed by atoms with Crippen LogP contribution < -0.4 is 0 Å². The number of aromatic nitrogens is 2. The van der Waals surface area contributed by atoms with Crippen LogP contribution in [0.1, 0.15) is 0 Å². The highest BCUT2D eigenvalue weighted by Gasteiger charge is 2.03. The summed E-state index contributed by atoms with van der Waals surface area (Å²) in [6, 6.07) is 13.8. The topological polar surface area (TPSA) is 31.0 Å². The Morgan fingerprint density at radius 1 is 1.00 bits per heavy atom. The Labute approximate surface area is 93.0 Å². The summed E-state index contributed by atoms with van der Waals surface area (Å²) in [4.78, 5) is 4.35. The number of hydrogen-bond acceptors (Lipinski definition) is 2. The number of furan rings is 1. The highest BCUT2D eigenvalue weighted by atomic mass is 16.3. The first-order valence-corrected chi connectivity index (χ1v) is 5.07. The molecular weight excluding hydrogens is 200 g/mol. The molecular formula is C13H10N2O. The van der Waals surface area contributed by atoms with Gasteiger partial charge in [0.1, 0.15) is 6.33 Å². The average molecular weight is 210 g/mol. The van der Waals surface area contributed by atoms with Gasteiger partial charge >= 0.3 is 0 Å². The van der Waals surface area contributed by atoms with E-state index >= 15 is 0 Å². The van der Waals surface area contributed by atoms with E-state index in [2.05, 4.69) is 4.98 Å². The molecule has 0 amide bonds. The summed E-state index contributed by atoms with van der Waals surface area (Å²) in [7, 11) is 0. The largest absolute Gasteiger partial charge is 0.448 e. The van der Waals surface area contributed by atoms with E-state index in [0.717, 1.165) is 17.1 Å². The van der Waals surface area contributed by atoms with E-state index in [1.807, 2.05) is 53.2 Å². The Morgan fingerprint density at radius 2 is 1.88 bits per heavy atom. The van der Waals surface area contributed by atoms with E-state index in [0.29, 0.717) is 0 Å². The smallest absolute Gasteiger partial charge is 0.204 e. The molecule has 3 nitrogen and oxygen atoms in total. The van der Waals surface area contributed by atoms with Crippen LogP contribution >= 0.6 is 0 Å². The number of hydrogen-bond donors (Lipinski definition) is 0. The van der Waals surface area contributed by atoms with Crippen molar-refractivity contribution in [1.82, 2.24) is 9.55 Å². The lowest BCUT2D eigenvalue weighted by Crippen LogP contribution is -1.84. The molecule has 0 atom stereocenters. The van der Waals surface area contributed by atoms with Gasteiger partial charge in [0.25, 0.3) is 0 Å². The molecule has 0 unspecified atom stereocenters. The second kappa shape index (κ2) is 3.70. The quantitative estimate of drug-likeness (QED) is 0.650. The number of rotatable bonds is 2. The van der Waals surface area contributed by atoms with Crippen molar-refractivity contribution in [3.63, 3.8) is 0 Å². The fraction of sp³-hybridized carbons (Fsp3) is 0. The van der Waals surface area contributed by atoms with Crippen molar-refractivity contribution in [2.45, 2.75) is 0 Å². The fourth-order valence-corrected chi connectivity index (χ4v) is 1.62. The molecule has 0 aliphatic rings. The lowest BCUT2D eigenvalue weighted by Gasteiger charge is -1.95. The van der Waals surface area contributed by atoms with Crippen LogP contribution in [0.3, 0.4) is 0 Å². The zero-order valence-electron chi connectivity index (χ0n) is 8.58. The molecule has 0 aliphatic carbocycles. The summed E-state index contributed by atoms with van der Waals surface area (Å²) in [6.07, 6.45) is 5.35. The monoisotopic (exact) mass is 210 g/mol. The minimum atomic E-state index is 0.773. The Hall–Kier alpha value is -2.29. The summed E-state index contributed by atoms with van der Waals surface area (Å²) in [5, 5.41) is 0. The van der Waals surface area contributed by atoms with Crippen molar-refractivity contribution in [2.24, 2.45) is 0 Å². The van der Waals surface area contributed by atoms with Gasteiger partial charge in [-0.2, -0.15) is 0 Å². The maximum atomic E-state index is 5.29. The lowest BCUT2D eigenvalue weighted by molar-refractivity contribution is 0.538. The molecule has 0 saturated heterocycles. The number of imidazole rings is 1. The van der Waals surface area contributed by atoms with Crippen LogP contribution in [0.5, 0.6) is 0 Å². The predicted molar refractivity (Wildman–Crippen MR) is 61.3 cm³/mol. The van der Waals surface area contributed by atoms with Gasteiger partial charge in [0.15, 0.2) is 0 Å². The zero-order chi connectivity index (χ0) is 10.8. The van der Waals surface area contributed by atoms with E-state index in [9.17, 15) is 0 Å². The van der Waals surface area contributed by atoms with Crippen molar-refractivity contribution < 1.29 is 4.42 Å². The Kier molecular flexibility index (Phi) is 2.07. The molecule has 0 N–H and O–H groups in total. The van der Waals surface area contributed by atoms with Gasteiger partial charge in [0.05, 0.1) is 12.0 Å². The van der Waals surface area contributed by atoms with Gasteiger partial charge in [-0.3, -0.25) is 4.57 Å². The van der Waals surface area contributed by atoms with Crippen molar-refractivity contribution in [1.29, 1.82) is 0 Å². The molecule has 3 rings (SSSR count). The molecule has 1 aromatic carbocycles. The summed E-state index contributed by atoms with van der Waals surface area (Å²) < 4.78 is 7.16. The van der Waals surface area contributed by atoms with Crippen LogP contribution in [0.2, 0.25) is 0 Å². The van der Waals surface area contributed by atoms with Gasteiger partial charge < -0.3 is 4.42 Å². The summed E-state index contributed by atoms with van der Waals surface area (Å²) >= 11 is 0. The maximum absolute atomic E-state index is 5.29. The predicted octanol–water partition coefficient (Wildman–Crippen LogP) is 3.13. The number of benzene rings is 1. The van der Waals surface area contributed by atoms with Gasteiger partial charge in [0, 0.05) is 17.8 Å². The third kappa shape index (κ3) is 1.52. The fourth-order valence-electron chi connectivity index (χ4n) is 1.62. The molecule has 3 heteroatoms. The summed E-state index contributed by atoms with van der Waals surface area (Å²) in [5.41, 5.74) is 2.05. The second-order valence-corrected chi connectivity index (χ2v) is 3.48. The van der Waals surface area contributed by atoms with E-state index in [-0.39, 0.29) is 0 Å². The zero-order valence-corrected chi connectivity index (χ0v) is 8.58. The molecule has 2 aromatic heterocycles. The van der Waals surface area contributed by atoms with E-state index < -0.39 is 0 Å². The second-order valence-electron chi connectivity index (χ2n) is 3.48. The SMILES string of the molecule is c1ccc(-c2cn(-c3ccco3)cn2)cc1. The molecule has 78 valence electrons. The van der Waals surface area contributed by atoms with Crippen LogP contribution in [0.15, 0.2) is 65.7 Å². The van der Waals surface area contributed by atoms with Crippen LogP contribution in [0.4, 0.5) is 0 Å².